The lowest BCUT2D eigenvalue weighted by atomic mass is 10.1. The number of hydrogen-bond acceptors (Lipinski definition) is 4. The van der Waals surface area contributed by atoms with E-state index in [0.717, 1.165) is 43.9 Å². The third kappa shape index (κ3) is 2.58. The van der Waals surface area contributed by atoms with E-state index in [-0.39, 0.29) is 5.56 Å². The van der Waals surface area contributed by atoms with Crippen LogP contribution in [-0.2, 0) is 26.6 Å². The monoisotopic (exact) mass is 259 g/mol. The summed E-state index contributed by atoms with van der Waals surface area (Å²) in [6.07, 6.45) is 4.66. The lowest BCUT2D eigenvalue weighted by Crippen LogP contribution is -2.36. The van der Waals surface area contributed by atoms with Crippen LogP contribution in [0.2, 0.25) is 0 Å². The molecule has 1 aliphatic heterocycles. The summed E-state index contributed by atoms with van der Waals surface area (Å²) in [6.45, 7) is 3.61. The molecular formula is C13H17N5O. The standard InChI is InChI=1S/C13H17N5O/c1-16-13(19)9-11-10-17(6-3-12(11)15-16)7-8-18-5-2-4-14-18/h2,4-5,9H,3,6-8,10H2,1H3. The Kier molecular flexibility index (Phi) is 3.16. The third-order valence-corrected chi connectivity index (χ3v) is 3.52. The Bertz CT molecular complexity index is 616. The van der Waals surface area contributed by atoms with Crippen LogP contribution in [0.3, 0.4) is 0 Å². The lowest BCUT2D eigenvalue weighted by molar-refractivity contribution is 0.236. The largest absolute Gasteiger partial charge is 0.297 e. The van der Waals surface area contributed by atoms with Gasteiger partial charge in [0.15, 0.2) is 0 Å². The molecular weight excluding hydrogens is 242 g/mol. The van der Waals surface area contributed by atoms with Gasteiger partial charge < -0.3 is 0 Å². The van der Waals surface area contributed by atoms with Crippen LogP contribution < -0.4 is 5.56 Å². The van der Waals surface area contributed by atoms with Crippen molar-refractivity contribution in [2.75, 3.05) is 13.1 Å². The van der Waals surface area contributed by atoms with Gasteiger partial charge in [-0.15, -0.1) is 0 Å². The molecule has 3 rings (SSSR count). The van der Waals surface area contributed by atoms with Crippen LogP contribution >= 0.6 is 0 Å². The summed E-state index contributed by atoms with van der Waals surface area (Å²) in [4.78, 5) is 13.9. The fraction of sp³-hybridized carbons (Fsp3) is 0.462. The van der Waals surface area contributed by atoms with E-state index in [9.17, 15) is 4.79 Å². The molecule has 0 saturated carbocycles. The van der Waals surface area contributed by atoms with E-state index in [4.69, 9.17) is 0 Å². The Labute approximate surface area is 111 Å². The minimum absolute atomic E-state index is 0.0346. The molecule has 3 heterocycles. The van der Waals surface area contributed by atoms with Crippen LogP contribution in [0.25, 0.3) is 0 Å². The van der Waals surface area contributed by atoms with Gasteiger partial charge in [0.1, 0.15) is 0 Å². The molecule has 100 valence electrons. The number of aromatic nitrogens is 4. The van der Waals surface area contributed by atoms with E-state index in [0.29, 0.717) is 0 Å². The minimum atomic E-state index is -0.0346. The molecule has 0 amide bonds. The van der Waals surface area contributed by atoms with Crippen molar-refractivity contribution >= 4 is 0 Å². The van der Waals surface area contributed by atoms with Gasteiger partial charge in [0, 0.05) is 51.6 Å². The number of fused-ring (bicyclic) bond motifs is 1. The Morgan fingerprint density at radius 1 is 1.37 bits per heavy atom. The van der Waals surface area contributed by atoms with Gasteiger partial charge in [-0.25, -0.2) is 4.68 Å². The van der Waals surface area contributed by atoms with Gasteiger partial charge in [0.25, 0.3) is 5.56 Å². The van der Waals surface area contributed by atoms with Gasteiger partial charge in [-0.3, -0.25) is 14.4 Å². The van der Waals surface area contributed by atoms with Crippen LogP contribution in [0.4, 0.5) is 0 Å². The highest BCUT2D eigenvalue weighted by molar-refractivity contribution is 5.20. The molecule has 0 saturated heterocycles. The highest BCUT2D eigenvalue weighted by atomic mass is 16.1. The first kappa shape index (κ1) is 12.1. The second-order valence-corrected chi connectivity index (χ2v) is 4.87. The molecule has 0 spiro atoms. The second-order valence-electron chi connectivity index (χ2n) is 4.87. The molecule has 0 radical (unpaired) electrons. The van der Waals surface area contributed by atoms with Gasteiger partial charge in [0.2, 0.25) is 0 Å². The van der Waals surface area contributed by atoms with Crippen LogP contribution in [0.1, 0.15) is 11.3 Å². The average molecular weight is 259 g/mol. The highest BCUT2D eigenvalue weighted by Gasteiger charge is 2.18. The minimum Gasteiger partial charge on any atom is -0.297 e. The zero-order chi connectivity index (χ0) is 13.2. The smallest absolute Gasteiger partial charge is 0.266 e. The predicted molar refractivity (Wildman–Crippen MR) is 70.7 cm³/mol. The molecule has 0 unspecified atom stereocenters. The van der Waals surface area contributed by atoms with Crippen LogP contribution in [-0.4, -0.2) is 37.6 Å². The molecule has 6 heteroatoms. The van der Waals surface area contributed by atoms with Gasteiger partial charge in [0.05, 0.1) is 12.2 Å². The topological polar surface area (TPSA) is 56.0 Å². The summed E-state index contributed by atoms with van der Waals surface area (Å²) in [5.41, 5.74) is 2.08. The van der Waals surface area contributed by atoms with E-state index in [1.807, 2.05) is 16.9 Å². The first-order valence-electron chi connectivity index (χ1n) is 6.48. The van der Waals surface area contributed by atoms with E-state index < -0.39 is 0 Å². The fourth-order valence-electron chi connectivity index (χ4n) is 2.42. The van der Waals surface area contributed by atoms with Crippen LogP contribution in [0.15, 0.2) is 29.3 Å². The normalized spacial score (nSPS) is 15.4. The van der Waals surface area contributed by atoms with Crippen molar-refractivity contribution in [1.29, 1.82) is 0 Å². The number of hydrogen-bond donors (Lipinski definition) is 0. The van der Waals surface area contributed by atoms with Crippen molar-refractivity contribution in [1.82, 2.24) is 24.5 Å². The summed E-state index contributed by atoms with van der Waals surface area (Å²) in [7, 11) is 1.70. The first-order valence-corrected chi connectivity index (χ1v) is 6.48. The molecule has 6 nitrogen and oxygen atoms in total. The molecule has 0 aromatic carbocycles. The maximum Gasteiger partial charge on any atom is 0.266 e. The SMILES string of the molecule is Cn1nc2c(cc1=O)CN(CCn1cccn1)CC2. The van der Waals surface area contributed by atoms with Gasteiger partial charge in [-0.1, -0.05) is 0 Å². The first-order chi connectivity index (χ1) is 9.22. The van der Waals surface area contributed by atoms with E-state index in [2.05, 4.69) is 15.1 Å². The maximum atomic E-state index is 11.6. The molecule has 0 bridgehead atoms. The molecule has 19 heavy (non-hydrogen) atoms. The average Bonchev–Trinajstić information content (AvgIpc) is 2.91. The molecule has 0 aliphatic carbocycles. The summed E-state index contributed by atoms with van der Waals surface area (Å²) >= 11 is 0. The van der Waals surface area contributed by atoms with Crippen molar-refractivity contribution in [2.45, 2.75) is 19.5 Å². The van der Waals surface area contributed by atoms with Crippen molar-refractivity contribution in [3.8, 4) is 0 Å². The quantitative estimate of drug-likeness (QED) is 0.780. The number of aryl methyl sites for hydroxylation is 1. The Morgan fingerprint density at radius 3 is 3.05 bits per heavy atom. The summed E-state index contributed by atoms with van der Waals surface area (Å²) in [5.74, 6) is 0. The van der Waals surface area contributed by atoms with Crippen LogP contribution in [0.5, 0.6) is 0 Å². The summed E-state index contributed by atoms with van der Waals surface area (Å²) < 4.78 is 3.34. The summed E-state index contributed by atoms with van der Waals surface area (Å²) in [6, 6.07) is 3.64. The van der Waals surface area contributed by atoms with Gasteiger partial charge in [-0.05, 0) is 11.6 Å². The van der Waals surface area contributed by atoms with Gasteiger partial charge >= 0.3 is 0 Å². The van der Waals surface area contributed by atoms with Crippen LogP contribution in [0, 0.1) is 0 Å². The molecule has 0 N–H and O–H groups in total. The Morgan fingerprint density at radius 2 is 2.26 bits per heavy atom. The highest BCUT2D eigenvalue weighted by Crippen LogP contribution is 2.14. The summed E-state index contributed by atoms with van der Waals surface area (Å²) in [5, 5.41) is 8.51. The lowest BCUT2D eigenvalue weighted by Gasteiger charge is -2.27. The van der Waals surface area contributed by atoms with Crippen molar-refractivity contribution in [2.24, 2.45) is 7.05 Å². The Hall–Kier alpha value is -1.95. The predicted octanol–water partition coefficient (Wildman–Crippen LogP) is 0.0351. The number of nitrogens with zero attached hydrogens (tertiary/aromatic N) is 5. The molecule has 1 aliphatic rings. The zero-order valence-electron chi connectivity index (χ0n) is 11.0. The molecule has 0 fully saturated rings. The number of rotatable bonds is 3. The Balaban J connectivity index is 1.68. The van der Waals surface area contributed by atoms with Crippen molar-refractivity contribution in [3.05, 3.63) is 46.1 Å². The zero-order valence-corrected chi connectivity index (χ0v) is 11.0. The van der Waals surface area contributed by atoms with E-state index in [1.54, 1.807) is 19.3 Å². The maximum absolute atomic E-state index is 11.6. The fourth-order valence-corrected chi connectivity index (χ4v) is 2.42. The molecule has 2 aromatic heterocycles. The van der Waals surface area contributed by atoms with Crippen molar-refractivity contribution < 1.29 is 0 Å². The third-order valence-electron chi connectivity index (χ3n) is 3.52. The second kappa shape index (κ2) is 4.97. The van der Waals surface area contributed by atoms with E-state index >= 15 is 0 Å². The molecule has 2 aromatic rings. The molecule has 0 atom stereocenters. The van der Waals surface area contributed by atoms with Crippen molar-refractivity contribution in [3.63, 3.8) is 0 Å². The van der Waals surface area contributed by atoms with Gasteiger partial charge in [-0.2, -0.15) is 10.2 Å². The van der Waals surface area contributed by atoms with E-state index in [1.165, 1.54) is 4.68 Å².